The summed E-state index contributed by atoms with van der Waals surface area (Å²) in [5.41, 5.74) is 2.60. The Hall–Kier alpha value is -1.81. The molecule has 1 heterocycles. The molecule has 0 spiro atoms. The lowest BCUT2D eigenvalue weighted by atomic mass is 10.1. The van der Waals surface area contributed by atoms with E-state index in [1.807, 2.05) is 37.4 Å². The Bertz CT molecular complexity index is 518. The van der Waals surface area contributed by atoms with Crippen LogP contribution in [-0.4, -0.2) is 22.0 Å². The van der Waals surface area contributed by atoms with E-state index in [0.717, 1.165) is 22.7 Å². The first-order valence-electron chi connectivity index (χ1n) is 5.50. The second kappa shape index (κ2) is 4.59. The Kier molecular flexibility index (Phi) is 3.15. The van der Waals surface area contributed by atoms with Gasteiger partial charge in [0.15, 0.2) is 0 Å². The lowest BCUT2D eigenvalue weighted by molar-refractivity contribution is 0.199. The number of aliphatic hydroxyl groups is 1. The van der Waals surface area contributed by atoms with Crippen LogP contribution in [0, 0.1) is 6.92 Å². The average molecular weight is 232 g/mol. The van der Waals surface area contributed by atoms with Gasteiger partial charge >= 0.3 is 0 Å². The molecule has 0 fully saturated rings. The van der Waals surface area contributed by atoms with Crippen molar-refractivity contribution in [3.8, 4) is 11.4 Å². The quantitative estimate of drug-likeness (QED) is 0.882. The van der Waals surface area contributed by atoms with Gasteiger partial charge in [-0.2, -0.15) is 5.10 Å². The fourth-order valence-corrected chi connectivity index (χ4v) is 1.75. The molecule has 0 saturated heterocycles. The van der Waals surface area contributed by atoms with Crippen LogP contribution < -0.4 is 4.74 Å². The number of methoxy groups -OCH3 is 1. The molecule has 0 saturated carbocycles. The van der Waals surface area contributed by atoms with Crippen molar-refractivity contribution < 1.29 is 9.84 Å². The first-order valence-corrected chi connectivity index (χ1v) is 5.50. The molecule has 4 nitrogen and oxygen atoms in total. The third kappa shape index (κ3) is 2.31. The Labute approximate surface area is 100 Å². The van der Waals surface area contributed by atoms with E-state index in [2.05, 4.69) is 5.10 Å². The second-order valence-electron chi connectivity index (χ2n) is 4.00. The van der Waals surface area contributed by atoms with Gasteiger partial charge in [-0.05, 0) is 26.0 Å². The topological polar surface area (TPSA) is 47.3 Å². The van der Waals surface area contributed by atoms with Crippen LogP contribution in [0.25, 0.3) is 5.69 Å². The standard InChI is InChI=1S/C13H16N2O2/c1-9-6-7-15(14-9)13-8-11(17-3)4-5-12(13)10(2)16/h4-8,10,16H,1-3H3/t10-/m0/s1. The highest BCUT2D eigenvalue weighted by Crippen LogP contribution is 2.25. The fourth-order valence-electron chi connectivity index (χ4n) is 1.75. The largest absolute Gasteiger partial charge is 0.497 e. The summed E-state index contributed by atoms with van der Waals surface area (Å²) in [6.45, 7) is 3.67. The zero-order chi connectivity index (χ0) is 12.4. The molecule has 90 valence electrons. The molecule has 0 aliphatic rings. The smallest absolute Gasteiger partial charge is 0.121 e. The summed E-state index contributed by atoms with van der Waals surface area (Å²) in [6.07, 6.45) is 1.33. The van der Waals surface area contributed by atoms with Crippen molar-refractivity contribution >= 4 is 0 Å². The monoisotopic (exact) mass is 232 g/mol. The number of aliphatic hydroxyl groups excluding tert-OH is 1. The van der Waals surface area contributed by atoms with Crippen molar-refractivity contribution in [2.45, 2.75) is 20.0 Å². The number of ether oxygens (including phenoxy) is 1. The number of aryl methyl sites for hydroxylation is 1. The molecular formula is C13H16N2O2. The van der Waals surface area contributed by atoms with Gasteiger partial charge in [-0.3, -0.25) is 0 Å². The van der Waals surface area contributed by atoms with Crippen LogP contribution in [0.5, 0.6) is 5.75 Å². The van der Waals surface area contributed by atoms with E-state index in [0.29, 0.717) is 0 Å². The maximum atomic E-state index is 9.75. The molecule has 1 atom stereocenters. The summed E-state index contributed by atoms with van der Waals surface area (Å²) >= 11 is 0. The zero-order valence-corrected chi connectivity index (χ0v) is 10.2. The van der Waals surface area contributed by atoms with Crippen LogP contribution in [0.1, 0.15) is 24.3 Å². The molecule has 0 bridgehead atoms. The van der Waals surface area contributed by atoms with Crippen molar-refractivity contribution in [1.29, 1.82) is 0 Å². The Morgan fingerprint density at radius 3 is 2.65 bits per heavy atom. The molecule has 0 aliphatic carbocycles. The number of rotatable bonds is 3. The van der Waals surface area contributed by atoms with E-state index >= 15 is 0 Å². The van der Waals surface area contributed by atoms with Crippen molar-refractivity contribution in [3.05, 3.63) is 41.7 Å². The summed E-state index contributed by atoms with van der Waals surface area (Å²) in [5.74, 6) is 0.748. The van der Waals surface area contributed by atoms with E-state index in [1.165, 1.54) is 0 Å². The molecule has 1 N–H and O–H groups in total. The highest BCUT2D eigenvalue weighted by molar-refractivity contribution is 5.47. The van der Waals surface area contributed by atoms with Gasteiger partial charge in [0.05, 0.1) is 24.6 Å². The van der Waals surface area contributed by atoms with Gasteiger partial charge in [0.1, 0.15) is 5.75 Å². The van der Waals surface area contributed by atoms with Crippen molar-refractivity contribution in [1.82, 2.24) is 9.78 Å². The lowest BCUT2D eigenvalue weighted by Gasteiger charge is -2.13. The van der Waals surface area contributed by atoms with Crippen LogP contribution in [0.2, 0.25) is 0 Å². The van der Waals surface area contributed by atoms with E-state index < -0.39 is 6.10 Å². The van der Waals surface area contributed by atoms with E-state index in [1.54, 1.807) is 18.7 Å². The van der Waals surface area contributed by atoms with Crippen molar-refractivity contribution in [2.75, 3.05) is 7.11 Å². The number of benzene rings is 1. The predicted octanol–water partition coefficient (Wildman–Crippen LogP) is 2.24. The van der Waals surface area contributed by atoms with Crippen LogP contribution in [0.3, 0.4) is 0 Å². The predicted molar refractivity (Wildman–Crippen MR) is 65.5 cm³/mol. The number of hydrogen-bond acceptors (Lipinski definition) is 3. The van der Waals surface area contributed by atoms with Crippen LogP contribution in [0.4, 0.5) is 0 Å². The maximum absolute atomic E-state index is 9.75. The van der Waals surface area contributed by atoms with Gasteiger partial charge in [0.2, 0.25) is 0 Å². The third-order valence-electron chi connectivity index (χ3n) is 2.66. The molecule has 2 aromatic rings. The van der Waals surface area contributed by atoms with Gasteiger partial charge < -0.3 is 9.84 Å². The molecule has 17 heavy (non-hydrogen) atoms. The van der Waals surface area contributed by atoms with Crippen LogP contribution >= 0.6 is 0 Å². The van der Waals surface area contributed by atoms with Gasteiger partial charge in [-0.1, -0.05) is 6.07 Å². The molecule has 0 amide bonds. The Morgan fingerprint density at radius 2 is 2.12 bits per heavy atom. The first-order chi connectivity index (χ1) is 8.11. The molecular weight excluding hydrogens is 216 g/mol. The molecule has 1 aromatic carbocycles. The third-order valence-corrected chi connectivity index (χ3v) is 2.66. The summed E-state index contributed by atoms with van der Waals surface area (Å²) in [7, 11) is 1.62. The van der Waals surface area contributed by atoms with Crippen molar-refractivity contribution in [2.24, 2.45) is 0 Å². The van der Waals surface area contributed by atoms with Gasteiger partial charge in [0.25, 0.3) is 0 Å². The average Bonchev–Trinajstić information content (AvgIpc) is 2.75. The van der Waals surface area contributed by atoms with E-state index in [-0.39, 0.29) is 0 Å². The minimum atomic E-state index is -0.541. The minimum Gasteiger partial charge on any atom is -0.497 e. The maximum Gasteiger partial charge on any atom is 0.121 e. The molecule has 4 heteroatoms. The van der Waals surface area contributed by atoms with Gasteiger partial charge in [-0.25, -0.2) is 4.68 Å². The van der Waals surface area contributed by atoms with Gasteiger partial charge in [-0.15, -0.1) is 0 Å². The Balaban J connectivity index is 2.56. The normalized spacial score (nSPS) is 12.5. The molecule has 1 aromatic heterocycles. The van der Waals surface area contributed by atoms with E-state index in [4.69, 9.17) is 4.74 Å². The molecule has 0 radical (unpaired) electrons. The number of hydrogen-bond donors (Lipinski definition) is 1. The minimum absolute atomic E-state index is 0.541. The second-order valence-corrected chi connectivity index (χ2v) is 4.00. The van der Waals surface area contributed by atoms with Crippen LogP contribution in [0.15, 0.2) is 30.5 Å². The lowest BCUT2D eigenvalue weighted by Crippen LogP contribution is -2.04. The molecule has 2 rings (SSSR count). The SMILES string of the molecule is COc1ccc([C@H](C)O)c(-n2ccc(C)n2)c1. The summed E-state index contributed by atoms with van der Waals surface area (Å²) < 4.78 is 6.95. The molecule has 0 unspecified atom stereocenters. The number of aromatic nitrogens is 2. The fraction of sp³-hybridized carbons (Fsp3) is 0.308. The summed E-state index contributed by atoms with van der Waals surface area (Å²) in [5, 5.41) is 14.1. The summed E-state index contributed by atoms with van der Waals surface area (Å²) in [6, 6.07) is 7.48. The summed E-state index contributed by atoms with van der Waals surface area (Å²) in [4.78, 5) is 0. The molecule has 0 aliphatic heterocycles. The highest BCUT2D eigenvalue weighted by atomic mass is 16.5. The van der Waals surface area contributed by atoms with Gasteiger partial charge in [0, 0.05) is 17.8 Å². The van der Waals surface area contributed by atoms with Crippen LogP contribution in [-0.2, 0) is 0 Å². The Morgan fingerprint density at radius 1 is 1.35 bits per heavy atom. The zero-order valence-electron chi connectivity index (χ0n) is 10.2. The van der Waals surface area contributed by atoms with Crippen molar-refractivity contribution in [3.63, 3.8) is 0 Å². The van der Waals surface area contributed by atoms with E-state index in [9.17, 15) is 5.11 Å². The highest BCUT2D eigenvalue weighted by Gasteiger charge is 2.11. The number of nitrogens with zero attached hydrogens (tertiary/aromatic N) is 2. The first kappa shape index (κ1) is 11.7.